The number of aromatic nitrogens is 2. The molecule has 0 saturated heterocycles. The monoisotopic (exact) mass is 299 g/mol. The van der Waals surface area contributed by atoms with Crippen LogP contribution in [0.25, 0.3) is 0 Å². The topological polar surface area (TPSA) is 92.2 Å². The van der Waals surface area contributed by atoms with Gasteiger partial charge in [0.2, 0.25) is 0 Å². The number of anilines is 1. The molecule has 1 amide bonds. The molecule has 0 saturated carbocycles. The van der Waals surface area contributed by atoms with Crippen LogP contribution in [-0.2, 0) is 11.2 Å². The Balaban J connectivity index is 2.11. The van der Waals surface area contributed by atoms with E-state index < -0.39 is 5.97 Å². The second-order valence-corrected chi connectivity index (χ2v) is 4.96. The predicted molar refractivity (Wildman–Crippen MR) is 81.9 cm³/mol. The van der Waals surface area contributed by atoms with Crippen LogP contribution in [0.1, 0.15) is 33.9 Å². The number of nitrogens with zero attached hydrogens (tertiary/aromatic N) is 2. The molecule has 2 N–H and O–H groups in total. The Morgan fingerprint density at radius 1 is 1.27 bits per heavy atom. The number of hydrogen-bond acceptors (Lipinski definition) is 4. The quantitative estimate of drug-likeness (QED) is 0.884. The Morgan fingerprint density at radius 3 is 2.73 bits per heavy atom. The number of amides is 1. The van der Waals surface area contributed by atoms with Crippen LogP contribution in [-0.4, -0.2) is 27.0 Å². The number of hydrogen-bond donors (Lipinski definition) is 2. The zero-order valence-electron chi connectivity index (χ0n) is 12.5. The molecule has 6 nitrogen and oxygen atoms in total. The summed E-state index contributed by atoms with van der Waals surface area (Å²) in [6, 6.07) is 7.14. The van der Waals surface area contributed by atoms with Crippen molar-refractivity contribution in [2.45, 2.75) is 26.7 Å². The normalized spacial score (nSPS) is 10.3. The number of aliphatic carboxylic acids is 1. The van der Waals surface area contributed by atoms with E-state index in [9.17, 15) is 9.59 Å². The minimum absolute atomic E-state index is 0.0578. The lowest BCUT2D eigenvalue weighted by Crippen LogP contribution is -2.15. The minimum Gasteiger partial charge on any atom is -0.481 e. The van der Waals surface area contributed by atoms with Gasteiger partial charge in [0.15, 0.2) is 0 Å². The van der Waals surface area contributed by atoms with Crippen LogP contribution in [0.3, 0.4) is 0 Å². The van der Waals surface area contributed by atoms with Crippen LogP contribution in [0.15, 0.2) is 30.5 Å². The second kappa shape index (κ2) is 6.80. The molecule has 114 valence electrons. The zero-order valence-corrected chi connectivity index (χ0v) is 12.5. The highest BCUT2D eigenvalue weighted by atomic mass is 16.4. The van der Waals surface area contributed by atoms with Crippen molar-refractivity contribution in [2.24, 2.45) is 0 Å². The first kappa shape index (κ1) is 15.6. The molecule has 2 aromatic rings. The van der Waals surface area contributed by atoms with Gasteiger partial charge in [-0.05, 0) is 38.0 Å². The molecule has 0 atom stereocenters. The maximum atomic E-state index is 12.2. The lowest BCUT2D eigenvalue weighted by molar-refractivity contribution is -0.136. The van der Waals surface area contributed by atoms with Gasteiger partial charge in [-0.1, -0.05) is 12.1 Å². The average Bonchev–Trinajstić information content (AvgIpc) is 2.45. The lowest BCUT2D eigenvalue weighted by Gasteiger charge is -2.08. The predicted octanol–water partition coefficient (Wildman–Crippen LogP) is 2.36. The van der Waals surface area contributed by atoms with E-state index in [4.69, 9.17) is 5.11 Å². The Kier molecular flexibility index (Phi) is 4.83. The van der Waals surface area contributed by atoms with Gasteiger partial charge in [0.1, 0.15) is 5.82 Å². The van der Waals surface area contributed by atoms with Gasteiger partial charge in [0, 0.05) is 18.3 Å². The van der Waals surface area contributed by atoms with Gasteiger partial charge in [-0.25, -0.2) is 9.97 Å². The third-order valence-electron chi connectivity index (χ3n) is 3.16. The molecular weight excluding hydrogens is 282 g/mol. The van der Waals surface area contributed by atoms with Crippen LogP contribution in [0.5, 0.6) is 0 Å². The number of nitrogens with one attached hydrogen (secondary N) is 1. The molecule has 0 unspecified atom stereocenters. The number of carboxylic acid groups (broad SMARTS) is 1. The maximum absolute atomic E-state index is 12.2. The first-order valence-electron chi connectivity index (χ1n) is 6.88. The fraction of sp³-hybridized carbons (Fsp3) is 0.250. The number of rotatable bonds is 5. The van der Waals surface area contributed by atoms with E-state index >= 15 is 0 Å². The van der Waals surface area contributed by atoms with Crippen molar-refractivity contribution in [2.75, 3.05) is 5.32 Å². The fourth-order valence-corrected chi connectivity index (χ4v) is 2.06. The molecule has 0 aliphatic heterocycles. The van der Waals surface area contributed by atoms with Gasteiger partial charge in [0.25, 0.3) is 5.91 Å². The summed E-state index contributed by atoms with van der Waals surface area (Å²) in [5.74, 6) is -0.514. The van der Waals surface area contributed by atoms with Gasteiger partial charge >= 0.3 is 5.97 Å². The minimum atomic E-state index is -0.845. The smallest absolute Gasteiger partial charge is 0.303 e. The molecule has 0 radical (unpaired) electrons. The van der Waals surface area contributed by atoms with Crippen molar-refractivity contribution in [1.29, 1.82) is 0 Å². The summed E-state index contributed by atoms with van der Waals surface area (Å²) in [5.41, 5.74) is 2.51. The van der Waals surface area contributed by atoms with Crippen LogP contribution in [0.4, 0.5) is 5.69 Å². The number of carboxylic acids is 1. The van der Waals surface area contributed by atoms with E-state index in [1.54, 1.807) is 32.0 Å². The maximum Gasteiger partial charge on any atom is 0.303 e. The summed E-state index contributed by atoms with van der Waals surface area (Å²) in [4.78, 5) is 31.0. The molecule has 0 spiro atoms. The second-order valence-electron chi connectivity index (χ2n) is 4.96. The van der Waals surface area contributed by atoms with E-state index in [1.807, 2.05) is 6.07 Å². The summed E-state index contributed by atoms with van der Waals surface area (Å²) in [5, 5.41) is 11.5. The van der Waals surface area contributed by atoms with E-state index in [0.29, 0.717) is 29.2 Å². The van der Waals surface area contributed by atoms with Crippen molar-refractivity contribution in [3.05, 3.63) is 53.1 Å². The van der Waals surface area contributed by atoms with Crippen LogP contribution in [0, 0.1) is 13.8 Å². The largest absolute Gasteiger partial charge is 0.481 e. The van der Waals surface area contributed by atoms with Crippen molar-refractivity contribution in [1.82, 2.24) is 9.97 Å². The standard InChI is InChI=1S/C16H17N3O3/c1-10-14(9-17-11(2)18-10)16(22)19-13-5-3-4-12(8-13)6-7-15(20)21/h3-5,8-9H,6-7H2,1-2H3,(H,19,22)(H,20,21). The Labute approximate surface area is 128 Å². The average molecular weight is 299 g/mol. The third kappa shape index (κ3) is 4.12. The highest BCUT2D eigenvalue weighted by Crippen LogP contribution is 2.14. The molecule has 2 rings (SSSR count). The summed E-state index contributed by atoms with van der Waals surface area (Å²) in [6.45, 7) is 3.52. The number of benzene rings is 1. The molecule has 0 fully saturated rings. The van der Waals surface area contributed by atoms with E-state index in [-0.39, 0.29) is 12.3 Å². The Bertz CT molecular complexity index is 714. The first-order valence-corrected chi connectivity index (χ1v) is 6.88. The van der Waals surface area contributed by atoms with Crippen molar-refractivity contribution in [3.8, 4) is 0 Å². The highest BCUT2D eigenvalue weighted by molar-refractivity contribution is 6.04. The molecule has 6 heteroatoms. The van der Waals surface area contributed by atoms with E-state index in [1.165, 1.54) is 6.20 Å². The Hall–Kier alpha value is -2.76. The van der Waals surface area contributed by atoms with Crippen LogP contribution in [0.2, 0.25) is 0 Å². The molecule has 22 heavy (non-hydrogen) atoms. The van der Waals surface area contributed by atoms with Gasteiger partial charge in [-0.2, -0.15) is 0 Å². The number of aryl methyl sites for hydroxylation is 3. The zero-order chi connectivity index (χ0) is 16.1. The SMILES string of the molecule is Cc1ncc(C(=O)Nc2cccc(CCC(=O)O)c2)c(C)n1. The van der Waals surface area contributed by atoms with Gasteiger partial charge in [0.05, 0.1) is 11.3 Å². The Morgan fingerprint density at radius 2 is 2.05 bits per heavy atom. The molecular formula is C16H17N3O3. The molecule has 0 aliphatic rings. The molecule has 0 bridgehead atoms. The van der Waals surface area contributed by atoms with Crippen LogP contribution >= 0.6 is 0 Å². The molecule has 0 aliphatic carbocycles. The van der Waals surface area contributed by atoms with Crippen molar-refractivity contribution in [3.63, 3.8) is 0 Å². The molecule has 1 heterocycles. The van der Waals surface area contributed by atoms with Crippen LogP contribution < -0.4 is 5.32 Å². The van der Waals surface area contributed by atoms with Gasteiger partial charge < -0.3 is 10.4 Å². The fourth-order valence-electron chi connectivity index (χ4n) is 2.06. The lowest BCUT2D eigenvalue weighted by atomic mass is 10.1. The third-order valence-corrected chi connectivity index (χ3v) is 3.16. The van der Waals surface area contributed by atoms with E-state index in [0.717, 1.165) is 5.56 Å². The first-order chi connectivity index (χ1) is 10.5. The van der Waals surface area contributed by atoms with Gasteiger partial charge in [-0.3, -0.25) is 9.59 Å². The van der Waals surface area contributed by atoms with Crippen molar-refractivity contribution < 1.29 is 14.7 Å². The summed E-state index contributed by atoms with van der Waals surface area (Å²) in [7, 11) is 0. The summed E-state index contributed by atoms with van der Waals surface area (Å²) >= 11 is 0. The molecule has 1 aromatic heterocycles. The van der Waals surface area contributed by atoms with Gasteiger partial charge in [-0.15, -0.1) is 0 Å². The molecule has 1 aromatic carbocycles. The summed E-state index contributed by atoms with van der Waals surface area (Å²) in [6.07, 6.45) is 1.98. The number of carbonyl (C=O) groups is 2. The van der Waals surface area contributed by atoms with Crippen molar-refractivity contribution >= 4 is 17.6 Å². The van der Waals surface area contributed by atoms with E-state index in [2.05, 4.69) is 15.3 Å². The summed E-state index contributed by atoms with van der Waals surface area (Å²) < 4.78 is 0. The highest BCUT2D eigenvalue weighted by Gasteiger charge is 2.11. The number of carbonyl (C=O) groups excluding carboxylic acids is 1.